The highest BCUT2D eigenvalue weighted by atomic mass is 35.5. The second-order valence-electron chi connectivity index (χ2n) is 2.55. The molecule has 0 aromatic carbocycles. The van der Waals surface area contributed by atoms with Crippen LogP contribution in [0.1, 0.15) is 22.5 Å². The normalized spacial score (nSPS) is 15.2. The Kier molecular flexibility index (Phi) is 1.43. The van der Waals surface area contributed by atoms with E-state index in [-0.39, 0.29) is 5.78 Å². The van der Waals surface area contributed by atoms with Crippen molar-refractivity contribution in [2.45, 2.75) is 12.8 Å². The lowest BCUT2D eigenvalue weighted by Gasteiger charge is -1.94. The molecule has 1 aliphatic rings. The summed E-state index contributed by atoms with van der Waals surface area (Å²) in [6.45, 7) is 0. The first-order valence-corrected chi connectivity index (χ1v) is 3.84. The maximum Gasteiger partial charge on any atom is 0.165 e. The second-order valence-corrected chi connectivity index (χ2v) is 2.94. The van der Waals surface area contributed by atoms with Gasteiger partial charge >= 0.3 is 0 Å². The zero-order valence-corrected chi connectivity index (χ0v) is 6.56. The van der Waals surface area contributed by atoms with Crippen LogP contribution >= 0.6 is 11.6 Å². The van der Waals surface area contributed by atoms with Gasteiger partial charge in [0.2, 0.25) is 0 Å². The largest absolute Gasteiger partial charge is 0.294 e. The van der Waals surface area contributed by atoms with E-state index in [1.165, 1.54) is 0 Å². The van der Waals surface area contributed by atoms with Crippen LogP contribution in [-0.2, 0) is 6.42 Å². The summed E-state index contributed by atoms with van der Waals surface area (Å²) in [6.07, 6.45) is 1.33. The van der Waals surface area contributed by atoms with Gasteiger partial charge in [0.25, 0.3) is 0 Å². The van der Waals surface area contributed by atoms with Crippen molar-refractivity contribution in [3.8, 4) is 0 Å². The molecule has 0 radical (unpaired) electrons. The number of aryl methyl sites for hydroxylation is 1. The topological polar surface area (TPSA) is 30.0 Å². The van der Waals surface area contributed by atoms with Crippen molar-refractivity contribution in [1.82, 2.24) is 4.98 Å². The van der Waals surface area contributed by atoms with Gasteiger partial charge in [0.15, 0.2) is 5.78 Å². The number of halogens is 1. The maximum atomic E-state index is 11.1. The molecule has 0 atom stereocenters. The van der Waals surface area contributed by atoms with Gasteiger partial charge in [0.05, 0.1) is 5.69 Å². The monoisotopic (exact) mass is 167 g/mol. The Morgan fingerprint density at radius 1 is 1.36 bits per heavy atom. The fourth-order valence-corrected chi connectivity index (χ4v) is 1.45. The molecule has 0 saturated carbocycles. The lowest BCUT2D eigenvalue weighted by atomic mass is 10.2. The van der Waals surface area contributed by atoms with Crippen LogP contribution < -0.4 is 0 Å². The summed E-state index contributed by atoms with van der Waals surface area (Å²) in [6, 6.07) is 3.41. The van der Waals surface area contributed by atoms with Crippen LogP contribution in [0.3, 0.4) is 0 Å². The van der Waals surface area contributed by atoms with Crippen LogP contribution in [0, 0.1) is 0 Å². The van der Waals surface area contributed by atoms with Crippen LogP contribution in [0.15, 0.2) is 12.1 Å². The Bertz CT molecular complexity index is 322. The lowest BCUT2D eigenvalue weighted by Crippen LogP contribution is -1.91. The molecule has 0 bridgehead atoms. The lowest BCUT2D eigenvalue weighted by molar-refractivity contribution is 0.0994. The smallest absolute Gasteiger partial charge is 0.165 e. The van der Waals surface area contributed by atoms with Gasteiger partial charge in [-0.2, -0.15) is 0 Å². The molecule has 1 aromatic heterocycles. The summed E-state index contributed by atoms with van der Waals surface area (Å²) in [7, 11) is 0. The molecular weight excluding hydrogens is 162 g/mol. The Morgan fingerprint density at radius 2 is 2.18 bits per heavy atom. The minimum absolute atomic E-state index is 0.184. The van der Waals surface area contributed by atoms with Crippen LogP contribution in [0.25, 0.3) is 0 Å². The molecule has 0 spiro atoms. The van der Waals surface area contributed by atoms with Crippen molar-refractivity contribution < 1.29 is 4.79 Å². The molecule has 0 saturated heterocycles. The summed E-state index contributed by atoms with van der Waals surface area (Å²) in [5.41, 5.74) is 1.59. The highest BCUT2D eigenvalue weighted by Crippen LogP contribution is 2.21. The van der Waals surface area contributed by atoms with Crippen molar-refractivity contribution in [3.63, 3.8) is 0 Å². The Labute approximate surface area is 69.2 Å². The van der Waals surface area contributed by atoms with Crippen LogP contribution in [0.2, 0.25) is 5.15 Å². The maximum absolute atomic E-state index is 11.1. The van der Waals surface area contributed by atoms with E-state index in [4.69, 9.17) is 11.6 Å². The summed E-state index contributed by atoms with van der Waals surface area (Å²) in [5.74, 6) is 0.184. The van der Waals surface area contributed by atoms with E-state index in [1.807, 2.05) is 0 Å². The van der Waals surface area contributed by atoms with Gasteiger partial charge < -0.3 is 0 Å². The number of fused-ring (bicyclic) bond motifs is 1. The first-order valence-electron chi connectivity index (χ1n) is 3.46. The SMILES string of the molecule is O=C1CCc2nc(Cl)ccc21. The third-order valence-electron chi connectivity index (χ3n) is 1.83. The van der Waals surface area contributed by atoms with E-state index in [9.17, 15) is 4.79 Å². The average Bonchev–Trinajstić information content (AvgIpc) is 2.32. The molecule has 11 heavy (non-hydrogen) atoms. The number of pyridine rings is 1. The fourth-order valence-electron chi connectivity index (χ4n) is 1.29. The predicted octanol–water partition coefficient (Wildman–Crippen LogP) is 1.86. The molecule has 1 aliphatic carbocycles. The third kappa shape index (κ3) is 1.03. The number of ketones is 1. The van der Waals surface area contributed by atoms with Crippen LogP contribution in [-0.4, -0.2) is 10.8 Å². The van der Waals surface area contributed by atoms with Gasteiger partial charge in [-0.25, -0.2) is 4.98 Å². The van der Waals surface area contributed by atoms with Crippen molar-refractivity contribution >= 4 is 17.4 Å². The first kappa shape index (κ1) is 6.80. The Hall–Kier alpha value is -0.890. The number of rotatable bonds is 0. The quantitative estimate of drug-likeness (QED) is 0.552. The van der Waals surface area contributed by atoms with Gasteiger partial charge in [0, 0.05) is 12.0 Å². The van der Waals surface area contributed by atoms with E-state index in [0.717, 1.165) is 17.7 Å². The predicted molar refractivity (Wildman–Crippen MR) is 41.9 cm³/mol. The standard InChI is InChI=1S/C8H6ClNO/c9-8-4-1-5-6(10-8)2-3-7(5)11/h1,4H,2-3H2. The van der Waals surface area contributed by atoms with E-state index in [1.54, 1.807) is 12.1 Å². The number of aromatic nitrogens is 1. The highest BCUT2D eigenvalue weighted by Gasteiger charge is 2.20. The van der Waals surface area contributed by atoms with Gasteiger partial charge in [0.1, 0.15) is 5.15 Å². The Morgan fingerprint density at radius 3 is 3.00 bits per heavy atom. The molecule has 0 amide bonds. The van der Waals surface area contributed by atoms with E-state index in [0.29, 0.717) is 11.6 Å². The summed E-state index contributed by atoms with van der Waals surface area (Å²) < 4.78 is 0. The van der Waals surface area contributed by atoms with Gasteiger partial charge in [-0.05, 0) is 18.6 Å². The molecule has 0 unspecified atom stereocenters. The van der Waals surface area contributed by atoms with Gasteiger partial charge in [-0.15, -0.1) is 0 Å². The molecule has 0 fully saturated rings. The molecular formula is C8H6ClNO. The molecule has 1 heterocycles. The zero-order chi connectivity index (χ0) is 7.84. The van der Waals surface area contributed by atoms with Crippen molar-refractivity contribution in [2.75, 3.05) is 0 Å². The number of carbonyl (C=O) groups is 1. The van der Waals surface area contributed by atoms with Crippen molar-refractivity contribution in [2.24, 2.45) is 0 Å². The first-order chi connectivity index (χ1) is 5.27. The van der Waals surface area contributed by atoms with E-state index in [2.05, 4.69) is 4.98 Å². The minimum atomic E-state index is 0.184. The number of Topliss-reactive ketones (excluding diaryl/α,β-unsaturated/α-hetero) is 1. The van der Waals surface area contributed by atoms with Crippen LogP contribution in [0.5, 0.6) is 0 Å². The fraction of sp³-hybridized carbons (Fsp3) is 0.250. The van der Waals surface area contributed by atoms with Gasteiger partial charge in [-0.1, -0.05) is 11.6 Å². The minimum Gasteiger partial charge on any atom is -0.294 e. The molecule has 3 heteroatoms. The summed E-state index contributed by atoms with van der Waals surface area (Å²) in [5, 5.41) is 0.471. The third-order valence-corrected chi connectivity index (χ3v) is 2.04. The number of hydrogen-bond acceptors (Lipinski definition) is 2. The highest BCUT2D eigenvalue weighted by molar-refractivity contribution is 6.29. The van der Waals surface area contributed by atoms with Gasteiger partial charge in [-0.3, -0.25) is 4.79 Å². The molecule has 1 aromatic rings. The van der Waals surface area contributed by atoms with E-state index >= 15 is 0 Å². The molecule has 0 aliphatic heterocycles. The van der Waals surface area contributed by atoms with Crippen LogP contribution in [0.4, 0.5) is 0 Å². The van der Waals surface area contributed by atoms with Crippen molar-refractivity contribution in [1.29, 1.82) is 0 Å². The average molecular weight is 168 g/mol. The molecule has 0 N–H and O–H groups in total. The summed E-state index contributed by atoms with van der Waals surface area (Å²) >= 11 is 5.65. The number of hydrogen-bond donors (Lipinski definition) is 0. The molecule has 56 valence electrons. The van der Waals surface area contributed by atoms with Crippen molar-refractivity contribution in [3.05, 3.63) is 28.5 Å². The number of nitrogens with zero attached hydrogens (tertiary/aromatic N) is 1. The Balaban J connectivity index is 2.59. The second kappa shape index (κ2) is 2.31. The van der Waals surface area contributed by atoms with E-state index < -0.39 is 0 Å². The molecule has 2 nitrogen and oxygen atoms in total. The molecule has 2 rings (SSSR count). The summed E-state index contributed by atoms with van der Waals surface area (Å²) in [4.78, 5) is 15.1. The zero-order valence-electron chi connectivity index (χ0n) is 5.80. The number of carbonyl (C=O) groups excluding carboxylic acids is 1.